The van der Waals surface area contributed by atoms with Gasteiger partial charge in [-0.1, -0.05) is 18.5 Å². The Bertz CT molecular complexity index is 314. The van der Waals surface area contributed by atoms with Crippen molar-refractivity contribution in [3.63, 3.8) is 0 Å². The first-order valence-corrected chi connectivity index (χ1v) is 4.47. The number of esters is 1. The summed E-state index contributed by atoms with van der Waals surface area (Å²) in [6, 6.07) is 0. The van der Waals surface area contributed by atoms with Crippen molar-refractivity contribution >= 4 is 17.5 Å². The Labute approximate surface area is 73.3 Å². The Kier molecular flexibility index (Phi) is 3.04. The third-order valence-electron chi connectivity index (χ3n) is 1.23. The van der Waals surface area contributed by atoms with Crippen LogP contribution in [0.15, 0.2) is 10.2 Å². The summed E-state index contributed by atoms with van der Waals surface area (Å²) in [5, 5.41) is 1.46. The van der Waals surface area contributed by atoms with Crippen molar-refractivity contribution in [1.82, 2.24) is 4.37 Å². The lowest BCUT2D eigenvalue weighted by Crippen LogP contribution is -2.15. The Morgan fingerprint density at radius 1 is 1.75 bits per heavy atom. The van der Waals surface area contributed by atoms with Gasteiger partial charge >= 0.3 is 5.97 Å². The maximum Gasteiger partial charge on any atom is 0.344 e. The molecule has 0 aliphatic heterocycles. The number of aromatic amines is 1. The minimum atomic E-state index is -0.542. The predicted octanol–water partition coefficient (Wildman–Crippen LogP) is 1.00. The number of carbonyl (C=O) groups is 1. The number of ether oxygens (including phenoxy) is 1. The summed E-state index contributed by atoms with van der Waals surface area (Å²) < 4.78 is 7.18. The molecule has 66 valence electrons. The molecule has 4 nitrogen and oxygen atoms in total. The largest absolute Gasteiger partial charge is 0.462 e. The third-order valence-corrected chi connectivity index (χ3v) is 1.89. The average Bonchev–Trinajstić information content (AvgIpc) is 2.47. The van der Waals surface area contributed by atoms with E-state index in [1.54, 1.807) is 0 Å². The van der Waals surface area contributed by atoms with Gasteiger partial charge in [0.2, 0.25) is 0 Å². The second kappa shape index (κ2) is 4.06. The van der Waals surface area contributed by atoms with Gasteiger partial charge in [-0.2, -0.15) is 0 Å². The quantitative estimate of drug-likeness (QED) is 0.718. The molecule has 0 bridgehead atoms. The highest BCUT2D eigenvalue weighted by Gasteiger charge is 2.11. The average molecular weight is 187 g/mol. The molecule has 12 heavy (non-hydrogen) atoms. The molecule has 1 aromatic heterocycles. The molecule has 1 aromatic rings. The Morgan fingerprint density at radius 2 is 2.50 bits per heavy atom. The van der Waals surface area contributed by atoms with E-state index < -0.39 is 5.97 Å². The SMILES string of the molecule is CCCOC(=O)c1cs[nH]c1=O. The van der Waals surface area contributed by atoms with Crippen molar-refractivity contribution in [1.29, 1.82) is 0 Å². The van der Waals surface area contributed by atoms with Gasteiger partial charge in [0.05, 0.1) is 6.61 Å². The second-order valence-corrected chi connectivity index (χ2v) is 2.89. The number of H-pyrrole nitrogens is 1. The highest BCUT2D eigenvalue weighted by Crippen LogP contribution is 1.98. The first kappa shape index (κ1) is 8.99. The van der Waals surface area contributed by atoms with Crippen molar-refractivity contribution in [2.24, 2.45) is 0 Å². The maximum atomic E-state index is 11.0. The van der Waals surface area contributed by atoms with Gasteiger partial charge in [0.15, 0.2) is 0 Å². The zero-order valence-electron chi connectivity index (χ0n) is 6.62. The van der Waals surface area contributed by atoms with Crippen LogP contribution >= 0.6 is 11.5 Å². The third kappa shape index (κ3) is 1.94. The van der Waals surface area contributed by atoms with Crippen LogP contribution in [0.2, 0.25) is 0 Å². The van der Waals surface area contributed by atoms with Crippen molar-refractivity contribution in [2.75, 3.05) is 6.61 Å². The van der Waals surface area contributed by atoms with Crippen LogP contribution in [0, 0.1) is 0 Å². The summed E-state index contributed by atoms with van der Waals surface area (Å²) in [4.78, 5) is 21.9. The summed E-state index contributed by atoms with van der Waals surface area (Å²) in [5.74, 6) is -0.542. The summed E-state index contributed by atoms with van der Waals surface area (Å²) in [6.45, 7) is 2.25. The second-order valence-electron chi connectivity index (χ2n) is 2.22. The highest BCUT2D eigenvalue weighted by atomic mass is 32.1. The zero-order chi connectivity index (χ0) is 8.97. The molecular weight excluding hydrogens is 178 g/mol. The summed E-state index contributed by atoms with van der Waals surface area (Å²) in [6.07, 6.45) is 0.758. The van der Waals surface area contributed by atoms with Gasteiger partial charge in [-0.05, 0) is 6.42 Å². The Morgan fingerprint density at radius 3 is 3.00 bits per heavy atom. The van der Waals surface area contributed by atoms with Crippen molar-refractivity contribution in [3.8, 4) is 0 Å². The van der Waals surface area contributed by atoms with Crippen molar-refractivity contribution in [2.45, 2.75) is 13.3 Å². The molecule has 0 atom stereocenters. The fraction of sp³-hybridized carbons (Fsp3) is 0.429. The lowest BCUT2D eigenvalue weighted by atomic mass is 10.4. The zero-order valence-corrected chi connectivity index (χ0v) is 7.44. The molecule has 0 aliphatic carbocycles. The van der Waals surface area contributed by atoms with E-state index >= 15 is 0 Å². The maximum absolute atomic E-state index is 11.0. The molecule has 1 N–H and O–H groups in total. The molecular formula is C7H9NO3S. The molecule has 0 radical (unpaired) electrons. The number of nitrogens with one attached hydrogen (secondary N) is 1. The molecule has 0 unspecified atom stereocenters. The van der Waals surface area contributed by atoms with Crippen LogP contribution < -0.4 is 5.56 Å². The molecule has 0 amide bonds. The van der Waals surface area contributed by atoms with Crippen molar-refractivity contribution in [3.05, 3.63) is 21.3 Å². The first-order valence-electron chi connectivity index (χ1n) is 3.59. The molecule has 1 heterocycles. The predicted molar refractivity (Wildman–Crippen MR) is 45.5 cm³/mol. The molecule has 0 aliphatic rings. The summed E-state index contributed by atoms with van der Waals surface area (Å²) >= 11 is 1.09. The molecule has 0 aromatic carbocycles. The van der Waals surface area contributed by atoms with Crippen LogP contribution in [0.5, 0.6) is 0 Å². The van der Waals surface area contributed by atoms with Gasteiger partial charge in [0.25, 0.3) is 5.56 Å². The lowest BCUT2D eigenvalue weighted by Gasteiger charge is -1.97. The standard InChI is InChI=1S/C7H9NO3S/c1-2-3-11-7(10)5-4-12-8-6(5)9/h4H,2-3H2,1H3,(H,8,9). The van der Waals surface area contributed by atoms with Crippen LogP contribution in [-0.4, -0.2) is 16.9 Å². The van der Waals surface area contributed by atoms with Crippen LogP contribution in [0.1, 0.15) is 23.7 Å². The van der Waals surface area contributed by atoms with E-state index in [0.29, 0.717) is 6.61 Å². The van der Waals surface area contributed by atoms with Crippen LogP contribution in [-0.2, 0) is 4.74 Å². The molecule has 0 fully saturated rings. The van der Waals surface area contributed by atoms with Crippen LogP contribution in [0.3, 0.4) is 0 Å². The van der Waals surface area contributed by atoms with Gasteiger partial charge in [0.1, 0.15) is 5.56 Å². The lowest BCUT2D eigenvalue weighted by molar-refractivity contribution is 0.0504. The first-order chi connectivity index (χ1) is 5.75. The molecule has 0 spiro atoms. The van der Waals surface area contributed by atoms with E-state index in [1.807, 2.05) is 6.92 Å². The summed E-state index contributed by atoms with van der Waals surface area (Å²) in [7, 11) is 0. The van der Waals surface area contributed by atoms with Crippen molar-refractivity contribution < 1.29 is 9.53 Å². The van der Waals surface area contributed by atoms with E-state index in [2.05, 4.69) is 4.37 Å². The van der Waals surface area contributed by atoms with Gasteiger partial charge in [0, 0.05) is 5.38 Å². The van der Waals surface area contributed by atoms with Crippen LogP contribution in [0.4, 0.5) is 0 Å². The molecule has 0 saturated heterocycles. The monoisotopic (exact) mass is 187 g/mol. The Balaban J connectivity index is 2.66. The van der Waals surface area contributed by atoms with E-state index in [-0.39, 0.29) is 11.1 Å². The fourth-order valence-corrected chi connectivity index (χ4v) is 1.26. The normalized spacial score (nSPS) is 9.75. The van der Waals surface area contributed by atoms with Gasteiger partial charge in [-0.15, -0.1) is 0 Å². The molecule has 5 heteroatoms. The number of hydrogen-bond donors (Lipinski definition) is 1. The molecule has 1 rings (SSSR count). The Hall–Kier alpha value is -1.10. The smallest absolute Gasteiger partial charge is 0.344 e. The highest BCUT2D eigenvalue weighted by molar-refractivity contribution is 7.03. The molecule has 0 saturated carbocycles. The number of hydrogen-bond acceptors (Lipinski definition) is 4. The van der Waals surface area contributed by atoms with E-state index in [0.717, 1.165) is 18.0 Å². The van der Waals surface area contributed by atoms with Gasteiger partial charge in [-0.25, -0.2) is 4.79 Å². The van der Waals surface area contributed by atoms with Gasteiger partial charge < -0.3 is 4.74 Å². The minimum absolute atomic E-state index is 0.0912. The van der Waals surface area contributed by atoms with E-state index in [1.165, 1.54) is 5.38 Å². The summed E-state index contributed by atoms with van der Waals surface area (Å²) in [5.41, 5.74) is -0.283. The number of carbonyl (C=O) groups excluding carboxylic acids is 1. The van der Waals surface area contributed by atoms with E-state index in [4.69, 9.17) is 4.74 Å². The van der Waals surface area contributed by atoms with Crippen LogP contribution in [0.25, 0.3) is 0 Å². The van der Waals surface area contributed by atoms with E-state index in [9.17, 15) is 9.59 Å². The number of rotatable bonds is 3. The topological polar surface area (TPSA) is 59.2 Å². The number of aromatic nitrogens is 1. The fourth-order valence-electron chi connectivity index (χ4n) is 0.664. The van der Waals surface area contributed by atoms with Gasteiger partial charge in [-0.3, -0.25) is 9.17 Å². The minimum Gasteiger partial charge on any atom is -0.462 e.